The average Bonchev–Trinajstić information content (AvgIpc) is 2.83. The summed E-state index contributed by atoms with van der Waals surface area (Å²) in [6.07, 6.45) is 0. The molecule has 32 heavy (non-hydrogen) atoms. The predicted octanol–water partition coefficient (Wildman–Crippen LogP) is 4.58. The Labute approximate surface area is 187 Å². The third-order valence-corrected chi connectivity index (χ3v) is 4.66. The summed E-state index contributed by atoms with van der Waals surface area (Å²) in [6, 6.07) is 24.1. The van der Waals surface area contributed by atoms with Crippen LogP contribution < -0.4 is 5.43 Å². The lowest BCUT2D eigenvalue weighted by Crippen LogP contribution is -2.13. The molecule has 0 heterocycles. The van der Waals surface area contributed by atoms with Gasteiger partial charge in [0.2, 0.25) is 0 Å². The molecule has 1 N–H and O–H groups in total. The Bertz CT molecular complexity index is 996. The van der Waals surface area contributed by atoms with Gasteiger partial charge in [0.15, 0.2) is 0 Å². The summed E-state index contributed by atoms with van der Waals surface area (Å²) in [7, 11) is 0. The number of hydrogen-bond acceptors (Lipinski definition) is 6. The second kappa shape index (κ2) is 11.5. The summed E-state index contributed by atoms with van der Waals surface area (Å²) in [5, 5.41) is 4.62. The molecule has 0 aliphatic heterocycles. The van der Waals surface area contributed by atoms with Gasteiger partial charge >= 0.3 is 11.9 Å². The van der Waals surface area contributed by atoms with Crippen molar-refractivity contribution in [2.45, 2.75) is 20.4 Å². The Morgan fingerprint density at radius 3 is 1.56 bits per heavy atom. The van der Waals surface area contributed by atoms with E-state index >= 15 is 0 Å². The molecule has 6 nitrogen and oxygen atoms in total. The van der Waals surface area contributed by atoms with Crippen molar-refractivity contribution in [1.29, 1.82) is 0 Å². The largest absolute Gasteiger partial charge is 0.462 e. The predicted molar refractivity (Wildman–Crippen MR) is 124 cm³/mol. The molecular formula is C26H26N2O4. The fourth-order valence-corrected chi connectivity index (χ4v) is 3.06. The number of nitrogens with one attached hydrogen (secondary N) is 1. The normalized spacial score (nSPS) is 10.2. The van der Waals surface area contributed by atoms with Gasteiger partial charge in [-0.05, 0) is 43.7 Å². The van der Waals surface area contributed by atoms with E-state index in [2.05, 4.69) is 10.5 Å². The van der Waals surface area contributed by atoms with Crippen molar-refractivity contribution in [2.75, 3.05) is 13.2 Å². The Morgan fingerprint density at radius 2 is 1.12 bits per heavy atom. The van der Waals surface area contributed by atoms with E-state index in [9.17, 15) is 9.59 Å². The Hall–Kier alpha value is -3.93. The molecule has 3 aromatic rings. The zero-order chi connectivity index (χ0) is 22.8. The van der Waals surface area contributed by atoms with Gasteiger partial charge in [-0.2, -0.15) is 5.10 Å². The number of hydrazone groups is 1. The summed E-state index contributed by atoms with van der Waals surface area (Å²) >= 11 is 0. The third-order valence-electron chi connectivity index (χ3n) is 4.66. The fraction of sp³-hybridized carbons (Fsp3) is 0.192. The lowest BCUT2D eigenvalue weighted by molar-refractivity contribution is 0.0517. The second-order valence-corrected chi connectivity index (χ2v) is 6.88. The summed E-state index contributed by atoms with van der Waals surface area (Å²) in [6.45, 7) is 4.75. The highest BCUT2D eigenvalue weighted by Crippen LogP contribution is 2.15. The van der Waals surface area contributed by atoms with Crippen molar-refractivity contribution in [3.63, 3.8) is 0 Å². The van der Waals surface area contributed by atoms with Gasteiger partial charge in [0, 0.05) is 11.1 Å². The van der Waals surface area contributed by atoms with Crippen molar-refractivity contribution >= 4 is 17.7 Å². The molecule has 0 radical (unpaired) electrons. The average molecular weight is 431 g/mol. The van der Waals surface area contributed by atoms with E-state index in [1.165, 1.54) is 0 Å². The maximum Gasteiger partial charge on any atom is 0.338 e. The highest BCUT2D eigenvalue weighted by molar-refractivity contribution is 6.13. The van der Waals surface area contributed by atoms with Crippen molar-refractivity contribution in [3.05, 3.63) is 107 Å². The Morgan fingerprint density at radius 1 is 0.688 bits per heavy atom. The molecule has 0 fully saturated rings. The molecule has 0 aromatic heterocycles. The molecule has 0 aliphatic carbocycles. The lowest BCUT2D eigenvalue weighted by atomic mass is 10.00. The molecule has 0 amide bonds. The Kier molecular flexibility index (Phi) is 8.15. The van der Waals surface area contributed by atoms with Crippen molar-refractivity contribution in [1.82, 2.24) is 5.43 Å². The van der Waals surface area contributed by atoms with Crippen LogP contribution in [-0.4, -0.2) is 30.9 Å². The van der Waals surface area contributed by atoms with Gasteiger partial charge < -0.3 is 14.9 Å². The zero-order valence-corrected chi connectivity index (χ0v) is 18.2. The number of carbonyl (C=O) groups excluding carboxylic acids is 2. The van der Waals surface area contributed by atoms with E-state index in [4.69, 9.17) is 9.47 Å². The smallest absolute Gasteiger partial charge is 0.338 e. The Balaban J connectivity index is 1.88. The summed E-state index contributed by atoms with van der Waals surface area (Å²) < 4.78 is 10.1. The van der Waals surface area contributed by atoms with Gasteiger partial charge in [0.25, 0.3) is 0 Å². The van der Waals surface area contributed by atoms with E-state index in [1.54, 1.807) is 38.1 Å². The monoisotopic (exact) mass is 430 g/mol. The number of esters is 2. The molecule has 0 bridgehead atoms. The van der Waals surface area contributed by atoms with Gasteiger partial charge in [0.05, 0.1) is 36.6 Å². The first-order valence-electron chi connectivity index (χ1n) is 10.5. The number of benzene rings is 3. The molecule has 0 saturated heterocycles. The van der Waals surface area contributed by atoms with E-state index in [0.717, 1.165) is 16.7 Å². The van der Waals surface area contributed by atoms with Gasteiger partial charge in [0.1, 0.15) is 0 Å². The van der Waals surface area contributed by atoms with Crippen LogP contribution in [0.5, 0.6) is 0 Å². The molecule has 0 unspecified atom stereocenters. The first kappa shape index (κ1) is 22.7. The van der Waals surface area contributed by atoms with E-state index in [0.29, 0.717) is 36.6 Å². The maximum absolute atomic E-state index is 12.0. The molecule has 164 valence electrons. The number of rotatable bonds is 9. The number of ether oxygens (including phenoxy) is 2. The quantitative estimate of drug-likeness (QED) is 0.305. The van der Waals surface area contributed by atoms with Crippen LogP contribution in [0, 0.1) is 0 Å². The molecule has 3 rings (SSSR count). The zero-order valence-electron chi connectivity index (χ0n) is 18.2. The van der Waals surface area contributed by atoms with Crippen LogP contribution in [0.2, 0.25) is 0 Å². The molecule has 0 spiro atoms. The van der Waals surface area contributed by atoms with E-state index in [1.807, 2.05) is 54.6 Å². The fourth-order valence-electron chi connectivity index (χ4n) is 3.06. The number of hydrogen-bond donors (Lipinski definition) is 1. The summed E-state index contributed by atoms with van der Waals surface area (Å²) in [5.41, 5.74) is 7.51. The first-order chi connectivity index (χ1) is 15.6. The molecule has 0 aliphatic rings. The molecular weight excluding hydrogens is 404 g/mol. The summed E-state index contributed by atoms with van der Waals surface area (Å²) in [4.78, 5) is 23.9. The van der Waals surface area contributed by atoms with Crippen LogP contribution in [0.4, 0.5) is 0 Å². The minimum atomic E-state index is -0.362. The topological polar surface area (TPSA) is 77.0 Å². The number of nitrogens with zero attached hydrogens (tertiary/aromatic N) is 1. The van der Waals surface area contributed by atoms with Crippen LogP contribution in [0.25, 0.3) is 0 Å². The summed E-state index contributed by atoms with van der Waals surface area (Å²) in [5.74, 6) is -0.725. The van der Waals surface area contributed by atoms with Gasteiger partial charge in [-0.15, -0.1) is 0 Å². The first-order valence-corrected chi connectivity index (χ1v) is 10.5. The van der Waals surface area contributed by atoms with Crippen molar-refractivity contribution in [2.24, 2.45) is 5.10 Å². The van der Waals surface area contributed by atoms with Crippen LogP contribution in [0.3, 0.4) is 0 Å². The highest BCUT2D eigenvalue weighted by Gasteiger charge is 2.12. The minimum absolute atomic E-state index is 0.323. The van der Waals surface area contributed by atoms with Crippen LogP contribution in [-0.2, 0) is 16.0 Å². The minimum Gasteiger partial charge on any atom is -0.462 e. The molecule has 0 atom stereocenters. The van der Waals surface area contributed by atoms with Gasteiger partial charge in [-0.25, -0.2) is 9.59 Å². The molecule has 6 heteroatoms. The molecule has 0 saturated carbocycles. The second-order valence-electron chi connectivity index (χ2n) is 6.88. The number of carbonyl (C=O) groups is 2. The lowest BCUT2D eigenvalue weighted by Gasteiger charge is -2.10. The van der Waals surface area contributed by atoms with Crippen LogP contribution >= 0.6 is 0 Å². The van der Waals surface area contributed by atoms with Crippen molar-refractivity contribution in [3.8, 4) is 0 Å². The molecule has 3 aromatic carbocycles. The van der Waals surface area contributed by atoms with Gasteiger partial charge in [-0.1, -0.05) is 54.6 Å². The SMILES string of the molecule is CCOC(=O)c1ccc(C(=NNCc2ccccc2)c2ccc(C(=O)OCC)cc2)cc1. The van der Waals surface area contributed by atoms with Crippen molar-refractivity contribution < 1.29 is 19.1 Å². The highest BCUT2D eigenvalue weighted by atomic mass is 16.5. The van der Waals surface area contributed by atoms with E-state index < -0.39 is 0 Å². The third kappa shape index (κ3) is 6.04. The van der Waals surface area contributed by atoms with Crippen LogP contribution in [0.15, 0.2) is 84.0 Å². The maximum atomic E-state index is 12.0. The van der Waals surface area contributed by atoms with Crippen LogP contribution in [0.1, 0.15) is 51.3 Å². The van der Waals surface area contributed by atoms with E-state index in [-0.39, 0.29) is 11.9 Å². The standard InChI is InChI=1S/C26H26N2O4/c1-3-31-25(29)22-14-10-20(11-15-22)24(28-27-18-19-8-6-5-7-9-19)21-12-16-23(17-13-21)26(30)32-4-2/h5-17,27H,3-4,18H2,1-2H3. The van der Waals surface area contributed by atoms with Gasteiger partial charge in [-0.3, -0.25) is 0 Å².